The van der Waals surface area contributed by atoms with Crippen molar-refractivity contribution in [3.05, 3.63) is 23.8 Å². The molecule has 0 atom stereocenters. The minimum Gasteiger partial charge on any atom is -0.496 e. The van der Waals surface area contributed by atoms with Gasteiger partial charge in [-0.25, -0.2) is 4.98 Å². The molecule has 1 saturated carbocycles. The van der Waals surface area contributed by atoms with Crippen LogP contribution in [0.2, 0.25) is 0 Å². The average molecular weight is 416 g/mol. The number of nitrogens with one attached hydrogen (secondary N) is 1. The van der Waals surface area contributed by atoms with Gasteiger partial charge >= 0.3 is 0 Å². The number of pyridine rings is 1. The van der Waals surface area contributed by atoms with Crippen LogP contribution < -0.4 is 19.7 Å². The first kappa shape index (κ1) is 21.2. The van der Waals surface area contributed by atoms with Crippen LogP contribution in [0.1, 0.15) is 37.7 Å². The fraction of sp³-hybridized carbons (Fsp3) is 0.609. The zero-order valence-corrected chi connectivity index (χ0v) is 18.1. The lowest BCUT2D eigenvalue weighted by molar-refractivity contribution is 0.00467. The number of aliphatic hydroxyl groups is 1. The van der Waals surface area contributed by atoms with Crippen molar-refractivity contribution in [2.24, 2.45) is 0 Å². The highest BCUT2D eigenvalue weighted by Crippen LogP contribution is 2.36. The number of rotatable bonds is 7. The molecule has 1 aliphatic heterocycles. The molecule has 2 N–H and O–H groups in total. The van der Waals surface area contributed by atoms with Crippen LogP contribution in [-0.2, 0) is 11.3 Å². The topological polar surface area (TPSA) is 76.1 Å². The average Bonchev–Trinajstić information content (AvgIpc) is 2.79. The monoisotopic (exact) mass is 415 g/mol. The van der Waals surface area contributed by atoms with Gasteiger partial charge in [0.25, 0.3) is 0 Å². The van der Waals surface area contributed by atoms with Gasteiger partial charge < -0.3 is 29.5 Å². The molecule has 1 aromatic heterocycles. The second-order valence-electron chi connectivity index (χ2n) is 8.33. The fourth-order valence-electron chi connectivity index (χ4n) is 4.58. The number of nitrogens with zero attached hydrogens (tertiary/aromatic N) is 2. The van der Waals surface area contributed by atoms with E-state index in [0.717, 1.165) is 72.6 Å². The van der Waals surface area contributed by atoms with Crippen LogP contribution in [0, 0.1) is 0 Å². The molecule has 0 bridgehead atoms. The third-order valence-electron chi connectivity index (χ3n) is 6.27. The molecule has 2 aromatic rings. The molecule has 0 unspecified atom stereocenters. The molecule has 1 aliphatic carbocycles. The van der Waals surface area contributed by atoms with Crippen LogP contribution in [0.5, 0.6) is 11.5 Å². The highest BCUT2D eigenvalue weighted by molar-refractivity contribution is 5.92. The van der Waals surface area contributed by atoms with Gasteiger partial charge in [-0.3, -0.25) is 0 Å². The second-order valence-corrected chi connectivity index (χ2v) is 8.33. The lowest BCUT2D eigenvalue weighted by Gasteiger charge is -2.33. The van der Waals surface area contributed by atoms with Crippen molar-refractivity contribution in [3.8, 4) is 11.5 Å². The maximum absolute atomic E-state index is 10.8. The number of benzene rings is 1. The first-order chi connectivity index (χ1) is 14.6. The van der Waals surface area contributed by atoms with Gasteiger partial charge in [0, 0.05) is 37.1 Å². The van der Waals surface area contributed by atoms with Crippen LogP contribution in [-0.4, -0.2) is 62.8 Å². The van der Waals surface area contributed by atoms with Gasteiger partial charge in [-0.15, -0.1) is 0 Å². The zero-order valence-electron chi connectivity index (χ0n) is 18.1. The van der Waals surface area contributed by atoms with Crippen LogP contribution in [0.15, 0.2) is 18.2 Å². The van der Waals surface area contributed by atoms with E-state index in [0.29, 0.717) is 26.3 Å². The first-order valence-corrected chi connectivity index (χ1v) is 10.9. The molecular weight excluding hydrogens is 382 g/mol. The maximum Gasteiger partial charge on any atom is 0.145 e. The highest BCUT2D eigenvalue weighted by atomic mass is 16.5. The summed E-state index contributed by atoms with van der Waals surface area (Å²) >= 11 is 0. The number of fused-ring (bicyclic) bond motifs is 1. The van der Waals surface area contributed by atoms with Gasteiger partial charge in [-0.2, -0.15) is 0 Å². The summed E-state index contributed by atoms with van der Waals surface area (Å²) in [5.41, 5.74) is 1.30. The van der Waals surface area contributed by atoms with Crippen molar-refractivity contribution in [1.29, 1.82) is 0 Å². The van der Waals surface area contributed by atoms with Crippen molar-refractivity contribution in [2.45, 2.75) is 44.2 Å². The predicted octanol–water partition coefficient (Wildman–Crippen LogP) is 2.87. The Morgan fingerprint density at radius 2 is 1.80 bits per heavy atom. The molecule has 2 fully saturated rings. The van der Waals surface area contributed by atoms with Gasteiger partial charge in [0.05, 0.1) is 33.0 Å². The van der Waals surface area contributed by atoms with E-state index in [4.69, 9.17) is 19.2 Å². The summed E-state index contributed by atoms with van der Waals surface area (Å²) in [5, 5.41) is 15.3. The Bertz CT molecular complexity index is 861. The number of methoxy groups -OCH3 is 2. The number of ether oxygens (including phenoxy) is 3. The SMILES string of the molecule is COc1ccc(OC)c2nc(N3CCOCC3)c(CNCC3(O)CCCCC3)cc12. The van der Waals surface area contributed by atoms with Gasteiger partial charge in [0.15, 0.2) is 0 Å². The van der Waals surface area contributed by atoms with Crippen LogP contribution in [0.4, 0.5) is 5.82 Å². The minimum absolute atomic E-state index is 0.595. The summed E-state index contributed by atoms with van der Waals surface area (Å²) in [4.78, 5) is 7.30. The zero-order chi connectivity index (χ0) is 21.0. The molecule has 0 amide bonds. The third kappa shape index (κ3) is 4.48. The minimum atomic E-state index is -0.595. The standard InChI is InChI=1S/C23H33N3O4/c1-28-19-6-7-20(29-2)21-18(19)14-17(22(25-21)26-10-12-30-13-11-26)15-24-16-23(27)8-4-3-5-9-23/h6-7,14,24,27H,3-5,8-13,15-16H2,1-2H3. The molecule has 0 spiro atoms. The van der Waals surface area contributed by atoms with Gasteiger partial charge in [-0.1, -0.05) is 19.3 Å². The molecule has 164 valence electrons. The first-order valence-electron chi connectivity index (χ1n) is 10.9. The van der Waals surface area contributed by atoms with E-state index in [2.05, 4.69) is 16.3 Å². The van der Waals surface area contributed by atoms with E-state index in [1.807, 2.05) is 12.1 Å². The normalized spacial score (nSPS) is 19.1. The molecule has 30 heavy (non-hydrogen) atoms. The Labute approximate surface area is 178 Å². The molecule has 1 aromatic carbocycles. The van der Waals surface area contributed by atoms with Crippen LogP contribution in [0.25, 0.3) is 10.9 Å². The van der Waals surface area contributed by atoms with Crippen LogP contribution in [0.3, 0.4) is 0 Å². The van der Waals surface area contributed by atoms with E-state index in [1.54, 1.807) is 14.2 Å². The molecule has 2 aliphatic rings. The second kappa shape index (κ2) is 9.37. The van der Waals surface area contributed by atoms with E-state index < -0.39 is 5.60 Å². The van der Waals surface area contributed by atoms with E-state index in [9.17, 15) is 5.11 Å². The summed E-state index contributed by atoms with van der Waals surface area (Å²) in [6, 6.07) is 5.96. The molecule has 0 radical (unpaired) electrons. The van der Waals surface area contributed by atoms with E-state index in [-0.39, 0.29) is 0 Å². The Morgan fingerprint density at radius 1 is 1.10 bits per heavy atom. The summed E-state index contributed by atoms with van der Waals surface area (Å²) < 4.78 is 16.7. The summed E-state index contributed by atoms with van der Waals surface area (Å²) in [7, 11) is 3.34. The molecule has 7 heteroatoms. The molecule has 4 rings (SSSR count). The van der Waals surface area contributed by atoms with Crippen molar-refractivity contribution >= 4 is 16.7 Å². The van der Waals surface area contributed by atoms with Crippen molar-refractivity contribution in [3.63, 3.8) is 0 Å². The Kier molecular flexibility index (Phi) is 6.61. The predicted molar refractivity (Wildman–Crippen MR) is 118 cm³/mol. The molecular formula is C23H33N3O4. The highest BCUT2D eigenvalue weighted by Gasteiger charge is 2.29. The molecule has 7 nitrogen and oxygen atoms in total. The Morgan fingerprint density at radius 3 is 2.50 bits per heavy atom. The number of hydrogen-bond donors (Lipinski definition) is 2. The smallest absolute Gasteiger partial charge is 0.145 e. The van der Waals surface area contributed by atoms with Crippen molar-refractivity contribution in [1.82, 2.24) is 10.3 Å². The summed E-state index contributed by atoms with van der Waals surface area (Å²) in [5.74, 6) is 2.45. The summed E-state index contributed by atoms with van der Waals surface area (Å²) in [6.45, 7) is 4.24. The lowest BCUT2D eigenvalue weighted by atomic mass is 9.85. The quantitative estimate of drug-likeness (QED) is 0.720. The van der Waals surface area contributed by atoms with E-state index in [1.165, 1.54) is 6.42 Å². The van der Waals surface area contributed by atoms with Gasteiger partial charge in [0.2, 0.25) is 0 Å². The van der Waals surface area contributed by atoms with Gasteiger partial charge in [-0.05, 0) is 31.0 Å². The van der Waals surface area contributed by atoms with Gasteiger partial charge in [0.1, 0.15) is 22.8 Å². The Balaban J connectivity index is 1.66. The van der Waals surface area contributed by atoms with Crippen LogP contribution >= 0.6 is 0 Å². The maximum atomic E-state index is 10.8. The number of morpholine rings is 1. The summed E-state index contributed by atoms with van der Waals surface area (Å²) in [6.07, 6.45) is 5.17. The molecule has 2 heterocycles. The van der Waals surface area contributed by atoms with Crippen molar-refractivity contribution < 1.29 is 19.3 Å². The lowest BCUT2D eigenvalue weighted by Crippen LogP contribution is -2.42. The molecule has 1 saturated heterocycles. The number of hydrogen-bond acceptors (Lipinski definition) is 7. The Hall–Kier alpha value is -2.09. The fourth-order valence-corrected chi connectivity index (χ4v) is 4.58. The third-order valence-corrected chi connectivity index (χ3v) is 6.27. The number of aromatic nitrogens is 1. The van der Waals surface area contributed by atoms with Crippen molar-refractivity contribution in [2.75, 3.05) is 52.0 Å². The largest absolute Gasteiger partial charge is 0.496 e. The number of anilines is 1. The van der Waals surface area contributed by atoms with E-state index >= 15 is 0 Å².